The molecule has 15 heterocycles. The summed E-state index contributed by atoms with van der Waals surface area (Å²) >= 11 is 0. The molecule has 15 aromatic heterocycles. The largest absolute Gasteiger partial charge is 0.380 e. The van der Waals surface area contributed by atoms with Crippen molar-refractivity contribution >= 4 is 85.6 Å². The standard InChI is InChI=1S/C21H18FN5O.4C20H17FN6O/c1-13-4-6-18(22)15(9-13)11-16(28)10-14-5-7-19(24-12-14)17-3-2-8-27-20(17)21(23)25-26-27;1-12-4-6-17(21)13(9-12)10-15(28)11-14-5-7-18(24-23-14)16-3-2-8-27-19(16)20(22)25-26-27;1-12-4-5-17(21)14(7-12)9-15(28)8-13-10-23-20(24-11-13)16-3-2-6-27-18(16)19(22)25-26-27;1-12-4-5-17(21)13(7-12)8-15(28)9-18-23-10-14(11-24-18)16-3-2-6-27-19(16)20(22)25-26-27;1-12-4-5-17(21)13(7-12)8-15(28)9-14-10-24-18(11-23-14)16-3-2-6-27-19(16)20(22)25-26-27/h2-9,12H,10-11,23H2,1H3;2-9H,10-11,22H2,1H3;3*2-7,10-11H,8-9,22H2,1H3. The molecule has 0 fully saturated rings. The van der Waals surface area contributed by atoms with Crippen LogP contribution in [0.4, 0.5) is 51.0 Å². The Bertz CT molecular complexity index is 6930. The molecular formula is C101H86F5N29O5. The summed E-state index contributed by atoms with van der Waals surface area (Å²) in [5.74, 6) is -0.0422. The maximum Gasteiger partial charge on any atom is 0.174 e. The van der Waals surface area contributed by atoms with Crippen LogP contribution in [-0.2, 0) is 88.2 Å². The summed E-state index contributed by atoms with van der Waals surface area (Å²) in [6, 6.07) is 49.3. The fraction of sp³-hybridized carbons (Fsp3) is 0.149. The quantitative estimate of drug-likeness (QED) is 0.0332. The summed E-state index contributed by atoms with van der Waals surface area (Å²) in [5.41, 5.74) is 48.2. The zero-order valence-corrected chi connectivity index (χ0v) is 75.8. The molecule has 0 amide bonds. The maximum absolute atomic E-state index is 13.9. The van der Waals surface area contributed by atoms with Crippen LogP contribution in [0.2, 0.25) is 0 Å². The van der Waals surface area contributed by atoms with E-state index in [2.05, 4.69) is 96.6 Å². The second-order valence-electron chi connectivity index (χ2n) is 33.0. The molecule has 700 valence electrons. The summed E-state index contributed by atoms with van der Waals surface area (Å²) in [6.45, 7) is 9.32. The van der Waals surface area contributed by atoms with Gasteiger partial charge in [0.2, 0.25) is 0 Å². The van der Waals surface area contributed by atoms with Gasteiger partial charge in [-0.05, 0) is 177 Å². The molecule has 34 nitrogen and oxygen atoms in total. The van der Waals surface area contributed by atoms with Crippen LogP contribution < -0.4 is 28.7 Å². The van der Waals surface area contributed by atoms with E-state index in [0.29, 0.717) is 136 Å². The van der Waals surface area contributed by atoms with Gasteiger partial charge in [-0.1, -0.05) is 127 Å². The van der Waals surface area contributed by atoms with Crippen LogP contribution in [0.5, 0.6) is 0 Å². The molecule has 5 aromatic carbocycles. The molecule has 39 heteroatoms. The van der Waals surface area contributed by atoms with Crippen LogP contribution in [0.25, 0.3) is 83.9 Å². The molecule has 0 aliphatic carbocycles. The van der Waals surface area contributed by atoms with Crippen LogP contribution in [0.15, 0.2) is 250 Å². The third kappa shape index (κ3) is 22.8. The van der Waals surface area contributed by atoms with Gasteiger partial charge in [0.15, 0.2) is 34.9 Å². The average Bonchev–Trinajstić information content (AvgIpc) is 1.63. The van der Waals surface area contributed by atoms with Crippen LogP contribution in [0.3, 0.4) is 0 Å². The number of Topliss-reactive ketones (excluding diaryl/α,β-unsaturated/α-hetero) is 5. The number of carbonyl (C=O) groups excluding carboxylic acids is 5. The van der Waals surface area contributed by atoms with Crippen molar-refractivity contribution < 1.29 is 45.9 Å². The van der Waals surface area contributed by atoms with E-state index < -0.39 is 0 Å². The lowest BCUT2D eigenvalue weighted by Gasteiger charge is -2.06. The van der Waals surface area contributed by atoms with Gasteiger partial charge >= 0.3 is 0 Å². The molecule has 0 radical (unpaired) electrons. The molecule has 0 aliphatic rings. The lowest BCUT2D eigenvalue weighted by Crippen LogP contribution is -2.10. The first-order valence-electron chi connectivity index (χ1n) is 43.6. The summed E-state index contributed by atoms with van der Waals surface area (Å²) in [4.78, 5) is 92.1. The predicted octanol–water partition coefficient (Wildman–Crippen LogP) is 13.5. The molecule has 0 bridgehead atoms. The predicted molar refractivity (Wildman–Crippen MR) is 512 cm³/mol. The highest BCUT2D eigenvalue weighted by molar-refractivity contribution is 5.91. The molecule has 20 aromatic rings. The monoisotopic (exact) mass is 1880 g/mol. The summed E-state index contributed by atoms with van der Waals surface area (Å²) in [5, 5.41) is 47.4. The second-order valence-corrected chi connectivity index (χ2v) is 33.0. The van der Waals surface area contributed by atoms with Crippen molar-refractivity contribution in [2.24, 2.45) is 0 Å². The molecule has 0 unspecified atom stereocenters. The van der Waals surface area contributed by atoms with Crippen LogP contribution in [0, 0.1) is 63.7 Å². The molecule has 0 aliphatic heterocycles. The van der Waals surface area contributed by atoms with E-state index in [-0.39, 0.29) is 122 Å². The van der Waals surface area contributed by atoms with Gasteiger partial charge in [-0.2, -0.15) is 10.2 Å². The summed E-state index contributed by atoms with van der Waals surface area (Å²) in [6.07, 6.45) is 20.6. The Morgan fingerprint density at radius 2 is 0.586 bits per heavy atom. The smallest absolute Gasteiger partial charge is 0.174 e. The summed E-state index contributed by atoms with van der Waals surface area (Å²) < 4.78 is 77.1. The number of nitrogens with zero attached hydrogens (tertiary/aromatic N) is 24. The number of hydrogen-bond donors (Lipinski definition) is 5. The number of nitrogen functional groups attached to an aromatic ring is 5. The van der Waals surface area contributed by atoms with Gasteiger partial charge < -0.3 is 28.7 Å². The molecule has 20 rings (SSSR count). The fourth-order valence-electron chi connectivity index (χ4n) is 15.5. The third-order valence-corrected chi connectivity index (χ3v) is 22.2. The van der Waals surface area contributed by atoms with Gasteiger partial charge in [0, 0.05) is 146 Å². The zero-order valence-electron chi connectivity index (χ0n) is 75.8. The molecule has 10 N–H and O–H groups in total. The highest BCUT2D eigenvalue weighted by Crippen LogP contribution is 2.32. The first kappa shape index (κ1) is 94.8. The molecule has 0 spiro atoms. The Morgan fingerprint density at radius 1 is 0.264 bits per heavy atom. The van der Waals surface area contributed by atoms with Crippen molar-refractivity contribution in [2.45, 2.75) is 98.8 Å². The van der Waals surface area contributed by atoms with Crippen LogP contribution in [-0.4, -0.2) is 148 Å². The number of hydrogen-bond acceptors (Lipinski definition) is 29. The van der Waals surface area contributed by atoms with E-state index in [9.17, 15) is 45.9 Å². The molecular weight excluding hydrogens is 1790 g/mol. The maximum atomic E-state index is 13.9. The van der Waals surface area contributed by atoms with Crippen molar-refractivity contribution in [3.05, 3.63) is 363 Å². The number of aryl methyl sites for hydroxylation is 5. The third-order valence-electron chi connectivity index (χ3n) is 22.2. The number of halogens is 5. The van der Waals surface area contributed by atoms with Gasteiger partial charge in [0.05, 0.1) is 53.9 Å². The number of anilines is 5. The van der Waals surface area contributed by atoms with Crippen molar-refractivity contribution in [1.82, 2.24) is 119 Å². The number of carbonyl (C=O) groups is 5. The number of pyridine rings is 6. The molecule has 0 saturated heterocycles. The molecule has 0 atom stereocenters. The van der Waals surface area contributed by atoms with Crippen molar-refractivity contribution in [3.8, 4) is 56.3 Å². The van der Waals surface area contributed by atoms with E-state index in [1.165, 1.54) is 30.3 Å². The van der Waals surface area contributed by atoms with Gasteiger partial charge in [-0.3, -0.25) is 38.9 Å². The minimum atomic E-state index is -0.379. The molecule has 0 saturated carbocycles. The van der Waals surface area contributed by atoms with Gasteiger partial charge in [-0.15, -0.1) is 25.5 Å². The van der Waals surface area contributed by atoms with Crippen molar-refractivity contribution in [1.29, 1.82) is 0 Å². The van der Waals surface area contributed by atoms with E-state index >= 15 is 0 Å². The average molecular weight is 1880 g/mol. The first-order chi connectivity index (χ1) is 67.5. The fourth-order valence-corrected chi connectivity index (χ4v) is 15.5. The van der Waals surface area contributed by atoms with Gasteiger partial charge in [0.1, 0.15) is 91.4 Å². The minimum absolute atomic E-state index is 0.00988. The Balaban J connectivity index is 0.000000126. The van der Waals surface area contributed by atoms with Crippen molar-refractivity contribution in [3.63, 3.8) is 0 Å². The van der Waals surface area contributed by atoms with Crippen molar-refractivity contribution in [2.75, 3.05) is 28.7 Å². The lowest BCUT2D eigenvalue weighted by atomic mass is 10.0. The molecule has 140 heavy (non-hydrogen) atoms. The number of nitrogens with two attached hydrogens (primary N) is 5. The minimum Gasteiger partial charge on any atom is -0.380 e. The lowest BCUT2D eigenvalue weighted by molar-refractivity contribution is -0.118. The number of aromatic nitrogens is 24. The second kappa shape index (κ2) is 42.5. The van der Waals surface area contributed by atoms with Gasteiger partial charge in [0.25, 0.3) is 0 Å². The number of benzene rings is 5. The number of ketones is 5. The Labute approximate surface area is 793 Å². The van der Waals surface area contributed by atoms with Crippen LogP contribution in [0.1, 0.15) is 84.0 Å². The zero-order chi connectivity index (χ0) is 98.4. The van der Waals surface area contributed by atoms with E-state index in [1.54, 1.807) is 176 Å². The Morgan fingerprint density at radius 3 is 0.957 bits per heavy atom. The highest BCUT2D eigenvalue weighted by Gasteiger charge is 2.23. The van der Waals surface area contributed by atoms with E-state index in [0.717, 1.165) is 61.2 Å². The topological polar surface area (TPSA) is 482 Å². The van der Waals surface area contributed by atoms with Crippen LogP contribution >= 0.6 is 0 Å². The van der Waals surface area contributed by atoms with Gasteiger partial charge in [-0.25, -0.2) is 64.5 Å². The van der Waals surface area contributed by atoms with E-state index in [1.807, 2.05) is 101 Å². The van der Waals surface area contributed by atoms with E-state index in [4.69, 9.17) is 28.7 Å². The first-order valence-corrected chi connectivity index (χ1v) is 43.6. The summed E-state index contributed by atoms with van der Waals surface area (Å²) in [7, 11) is 0. The highest BCUT2D eigenvalue weighted by atomic mass is 19.1. The number of rotatable bonds is 25. The SMILES string of the molecule is Cc1ccc(F)c(CC(=O)Cc2ccc(-c3cccn4nnc(N)c34)nc2)c1.Cc1ccc(F)c(CC(=O)Cc2ccc(-c3cccn4nnc(N)c34)nn2)c1.Cc1ccc(F)c(CC(=O)Cc2cnc(-c3cccn4nnc(N)c34)cn2)c1.Cc1ccc(F)c(CC(=O)Cc2cnc(-c3cccn4nnc(N)c34)nc2)c1.Cc1ccc(F)c(CC(=O)Cc2ncc(-c3cccn4nnc(N)c34)cn2)c1. The normalized spacial score (nSPS) is 11.1. The Hall–Kier alpha value is -18.3. The number of fused-ring (bicyclic) bond motifs is 5. The Kier molecular flexibility index (Phi) is 28.8.